The van der Waals surface area contributed by atoms with Crippen LogP contribution < -0.4 is 10.1 Å². The van der Waals surface area contributed by atoms with Gasteiger partial charge in [-0.15, -0.1) is 10.2 Å². The SMILES string of the molecule is CCCNc1nnc(-c2ccccc2OCCOC)s1. The molecule has 1 N–H and O–H groups in total. The van der Waals surface area contributed by atoms with Crippen molar-refractivity contribution in [3.63, 3.8) is 0 Å². The van der Waals surface area contributed by atoms with Crippen LogP contribution in [0.15, 0.2) is 24.3 Å². The zero-order chi connectivity index (χ0) is 14.2. The number of methoxy groups -OCH3 is 1. The van der Waals surface area contributed by atoms with Crippen LogP contribution in [0, 0.1) is 0 Å². The first kappa shape index (κ1) is 14.7. The van der Waals surface area contributed by atoms with Crippen LogP contribution in [0.1, 0.15) is 13.3 Å². The Morgan fingerprint density at radius 3 is 2.85 bits per heavy atom. The Balaban J connectivity index is 2.12. The van der Waals surface area contributed by atoms with Gasteiger partial charge in [0.2, 0.25) is 5.13 Å². The molecule has 1 heterocycles. The van der Waals surface area contributed by atoms with Crippen molar-refractivity contribution < 1.29 is 9.47 Å². The molecule has 0 saturated carbocycles. The third-order valence-corrected chi connectivity index (χ3v) is 3.53. The zero-order valence-electron chi connectivity index (χ0n) is 11.8. The third kappa shape index (κ3) is 3.91. The Morgan fingerprint density at radius 1 is 1.20 bits per heavy atom. The molecule has 2 aromatic rings. The highest BCUT2D eigenvalue weighted by Crippen LogP contribution is 2.33. The maximum atomic E-state index is 5.72. The van der Waals surface area contributed by atoms with Crippen LogP contribution in [0.4, 0.5) is 5.13 Å². The Kier molecular flexibility index (Phi) is 5.76. The van der Waals surface area contributed by atoms with E-state index in [4.69, 9.17) is 9.47 Å². The second kappa shape index (κ2) is 7.81. The summed E-state index contributed by atoms with van der Waals surface area (Å²) in [6, 6.07) is 7.85. The Labute approximate surface area is 123 Å². The van der Waals surface area contributed by atoms with Gasteiger partial charge in [0, 0.05) is 13.7 Å². The van der Waals surface area contributed by atoms with E-state index in [-0.39, 0.29) is 0 Å². The first-order valence-electron chi connectivity index (χ1n) is 6.63. The van der Waals surface area contributed by atoms with Gasteiger partial charge in [0.05, 0.1) is 12.2 Å². The van der Waals surface area contributed by atoms with Crippen molar-refractivity contribution in [1.29, 1.82) is 0 Å². The van der Waals surface area contributed by atoms with E-state index in [1.54, 1.807) is 7.11 Å². The molecule has 1 aromatic heterocycles. The summed E-state index contributed by atoms with van der Waals surface area (Å²) in [5.41, 5.74) is 0.964. The summed E-state index contributed by atoms with van der Waals surface area (Å²) in [6.07, 6.45) is 1.06. The summed E-state index contributed by atoms with van der Waals surface area (Å²) in [7, 11) is 1.66. The maximum absolute atomic E-state index is 5.72. The topological polar surface area (TPSA) is 56.3 Å². The number of nitrogens with one attached hydrogen (secondary N) is 1. The standard InChI is InChI=1S/C14H19N3O2S/c1-3-8-15-14-17-16-13(20-14)11-6-4-5-7-12(11)19-10-9-18-2/h4-7H,3,8-10H2,1-2H3,(H,15,17). The van der Waals surface area contributed by atoms with Gasteiger partial charge < -0.3 is 14.8 Å². The predicted molar refractivity (Wildman–Crippen MR) is 81.5 cm³/mol. The second-order valence-corrected chi connectivity index (χ2v) is 5.15. The lowest BCUT2D eigenvalue weighted by atomic mass is 10.2. The molecule has 6 heteroatoms. The van der Waals surface area contributed by atoms with E-state index in [1.807, 2.05) is 24.3 Å². The van der Waals surface area contributed by atoms with E-state index in [0.717, 1.165) is 34.4 Å². The van der Waals surface area contributed by atoms with Gasteiger partial charge in [-0.1, -0.05) is 30.4 Å². The third-order valence-electron chi connectivity index (χ3n) is 2.61. The van der Waals surface area contributed by atoms with Crippen LogP contribution in [0.25, 0.3) is 10.6 Å². The molecule has 0 saturated heterocycles. The fraction of sp³-hybridized carbons (Fsp3) is 0.429. The normalized spacial score (nSPS) is 10.5. The molecule has 5 nitrogen and oxygen atoms in total. The summed E-state index contributed by atoms with van der Waals surface area (Å²) in [5, 5.41) is 13.3. The number of nitrogens with zero attached hydrogens (tertiary/aromatic N) is 2. The van der Waals surface area contributed by atoms with Crippen LogP contribution in [-0.2, 0) is 4.74 Å². The minimum Gasteiger partial charge on any atom is -0.490 e. The molecule has 0 amide bonds. The Morgan fingerprint density at radius 2 is 2.05 bits per heavy atom. The summed E-state index contributed by atoms with van der Waals surface area (Å²) < 4.78 is 10.7. The lowest BCUT2D eigenvalue weighted by molar-refractivity contribution is 0.146. The average molecular weight is 293 g/mol. The summed E-state index contributed by atoms with van der Waals surface area (Å²) in [6.45, 7) is 4.11. The van der Waals surface area contributed by atoms with Crippen molar-refractivity contribution in [2.24, 2.45) is 0 Å². The molecule has 0 unspecified atom stereocenters. The molecule has 0 radical (unpaired) electrons. The largest absolute Gasteiger partial charge is 0.490 e. The van der Waals surface area contributed by atoms with E-state index in [9.17, 15) is 0 Å². The number of benzene rings is 1. The molecule has 0 bridgehead atoms. The van der Waals surface area contributed by atoms with Crippen LogP contribution in [-0.4, -0.2) is 37.1 Å². The van der Waals surface area contributed by atoms with Gasteiger partial charge in [-0.2, -0.15) is 0 Å². The van der Waals surface area contributed by atoms with Gasteiger partial charge in [0.15, 0.2) is 5.01 Å². The zero-order valence-corrected chi connectivity index (χ0v) is 12.6. The fourth-order valence-corrected chi connectivity index (χ4v) is 2.44. The maximum Gasteiger partial charge on any atom is 0.206 e. The number of aromatic nitrogens is 2. The van der Waals surface area contributed by atoms with E-state index in [0.29, 0.717) is 13.2 Å². The number of para-hydroxylation sites is 1. The smallest absolute Gasteiger partial charge is 0.206 e. The average Bonchev–Trinajstić information content (AvgIpc) is 2.94. The van der Waals surface area contributed by atoms with Gasteiger partial charge in [0.1, 0.15) is 12.4 Å². The molecule has 0 aliphatic heterocycles. The molecule has 2 rings (SSSR count). The highest BCUT2D eigenvalue weighted by atomic mass is 32.1. The summed E-state index contributed by atoms with van der Waals surface area (Å²) in [4.78, 5) is 0. The number of anilines is 1. The molecule has 0 aliphatic rings. The van der Waals surface area contributed by atoms with Crippen molar-refractivity contribution in [1.82, 2.24) is 10.2 Å². The minimum absolute atomic E-state index is 0.521. The van der Waals surface area contributed by atoms with Crippen molar-refractivity contribution in [3.8, 4) is 16.3 Å². The molecule has 0 spiro atoms. The van der Waals surface area contributed by atoms with Crippen LogP contribution in [0.3, 0.4) is 0 Å². The summed E-state index contributed by atoms with van der Waals surface area (Å²) in [5.74, 6) is 0.808. The quantitative estimate of drug-likeness (QED) is 0.758. The van der Waals surface area contributed by atoms with Gasteiger partial charge >= 0.3 is 0 Å². The number of rotatable bonds is 8. The van der Waals surface area contributed by atoms with Crippen molar-refractivity contribution >= 4 is 16.5 Å². The van der Waals surface area contributed by atoms with Crippen LogP contribution >= 0.6 is 11.3 Å². The number of hydrogen-bond acceptors (Lipinski definition) is 6. The van der Waals surface area contributed by atoms with E-state index in [1.165, 1.54) is 11.3 Å². The Hall–Kier alpha value is -1.66. The molecule has 0 aliphatic carbocycles. The van der Waals surface area contributed by atoms with Gasteiger partial charge in [-0.05, 0) is 18.6 Å². The first-order valence-corrected chi connectivity index (χ1v) is 7.45. The second-order valence-electron chi connectivity index (χ2n) is 4.18. The van der Waals surface area contributed by atoms with Crippen molar-refractivity contribution in [3.05, 3.63) is 24.3 Å². The molecule has 0 atom stereocenters. The van der Waals surface area contributed by atoms with Crippen molar-refractivity contribution in [2.45, 2.75) is 13.3 Å². The van der Waals surface area contributed by atoms with E-state index >= 15 is 0 Å². The minimum atomic E-state index is 0.521. The first-order chi connectivity index (χ1) is 9.85. The Bertz CT molecular complexity index is 531. The van der Waals surface area contributed by atoms with E-state index in [2.05, 4.69) is 22.4 Å². The van der Waals surface area contributed by atoms with Crippen LogP contribution in [0.2, 0.25) is 0 Å². The molecular formula is C14H19N3O2S. The molecule has 20 heavy (non-hydrogen) atoms. The molecule has 108 valence electrons. The summed E-state index contributed by atoms with van der Waals surface area (Å²) >= 11 is 1.53. The highest BCUT2D eigenvalue weighted by Gasteiger charge is 2.11. The molecule has 1 aromatic carbocycles. The number of hydrogen-bond donors (Lipinski definition) is 1. The molecule has 0 fully saturated rings. The van der Waals surface area contributed by atoms with Gasteiger partial charge in [-0.3, -0.25) is 0 Å². The highest BCUT2D eigenvalue weighted by molar-refractivity contribution is 7.18. The lowest BCUT2D eigenvalue weighted by Gasteiger charge is -2.08. The fourth-order valence-electron chi connectivity index (χ4n) is 1.64. The molecular weight excluding hydrogens is 274 g/mol. The number of ether oxygens (including phenoxy) is 2. The van der Waals surface area contributed by atoms with E-state index < -0.39 is 0 Å². The predicted octanol–water partition coefficient (Wildman–Crippen LogP) is 3.05. The van der Waals surface area contributed by atoms with Gasteiger partial charge in [0.25, 0.3) is 0 Å². The van der Waals surface area contributed by atoms with Crippen molar-refractivity contribution in [2.75, 3.05) is 32.2 Å². The van der Waals surface area contributed by atoms with Gasteiger partial charge in [-0.25, -0.2) is 0 Å². The monoisotopic (exact) mass is 293 g/mol. The lowest BCUT2D eigenvalue weighted by Crippen LogP contribution is -2.04. The van der Waals surface area contributed by atoms with Crippen LogP contribution in [0.5, 0.6) is 5.75 Å².